The zero-order valence-corrected chi connectivity index (χ0v) is 13.4. The molecule has 4 nitrogen and oxygen atoms in total. The molecule has 0 heterocycles. The highest BCUT2D eigenvalue weighted by molar-refractivity contribution is 9.10. The van der Waals surface area contributed by atoms with Crippen molar-refractivity contribution < 1.29 is 14.2 Å². The SMILES string of the molecule is CCOc1cc(CCN)cc(Br)c1OCOCC1CC1. The molecule has 0 aromatic heterocycles. The molecule has 1 fully saturated rings. The number of rotatable bonds is 9. The molecule has 112 valence electrons. The fourth-order valence-electron chi connectivity index (χ4n) is 1.94. The second-order valence-electron chi connectivity index (χ2n) is 4.95. The van der Waals surface area contributed by atoms with Gasteiger partial charge >= 0.3 is 0 Å². The van der Waals surface area contributed by atoms with Gasteiger partial charge in [0.25, 0.3) is 0 Å². The Labute approximate surface area is 128 Å². The van der Waals surface area contributed by atoms with E-state index in [1.165, 1.54) is 12.8 Å². The molecule has 1 aromatic rings. The summed E-state index contributed by atoms with van der Waals surface area (Å²) in [4.78, 5) is 0. The first-order valence-electron chi connectivity index (χ1n) is 7.10. The summed E-state index contributed by atoms with van der Waals surface area (Å²) in [5.41, 5.74) is 6.73. The van der Waals surface area contributed by atoms with Gasteiger partial charge < -0.3 is 19.9 Å². The molecular weight excluding hydrogens is 322 g/mol. The molecule has 1 aliphatic rings. The lowest BCUT2D eigenvalue weighted by atomic mass is 10.1. The highest BCUT2D eigenvalue weighted by atomic mass is 79.9. The first-order valence-corrected chi connectivity index (χ1v) is 7.89. The third-order valence-electron chi connectivity index (χ3n) is 3.14. The van der Waals surface area contributed by atoms with E-state index in [0.717, 1.165) is 34.7 Å². The van der Waals surface area contributed by atoms with Crippen LogP contribution in [0.4, 0.5) is 0 Å². The average molecular weight is 344 g/mol. The molecule has 20 heavy (non-hydrogen) atoms. The maximum absolute atomic E-state index is 5.71. The third kappa shape index (κ3) is 4.65. The van der Waals surface area contributed by atoms with Crippen molar-refractivity contribution in [3.63, 3.8) is 0 Å². The molecule has 0 bridgehead atoms. The normalized spacial score (nSPS) is 14.3. The molecule has 0 radical (unpaired) electrons. The van der Waals surface area contributed by atoms with Crippen LogP contribution in [0.1, 0.15) is 25.3 Å². The van der Waals surface area contributed by atoms with Crippen LogP contribution < -0.4 is 15.2 Å². The maximum Gasteiger partial charge on any atom is 0.189 e. The van der Waals surface area contributed by atoms with E-state index in [9.17, 15) is 0 Å². The highest BCUT2D eigenvalue weighted by Gasteiger charge is 2.21. The fraction of sp³-hybridized carbons (Fsp3) is 0.600. The first-order chi connectivity index (χ1) is 9.74. The van der Waals surface area contributed by atoms with Crippen LogP contribution in [0.2, 0.25) is 0 Å². The summed E-state index contributed by atoms with van der Waals surface area (Å²) in [5, 5.41) is 0. The van der Waals surface area contributed by atoms with Crippen molar-refractivity contribution >= 4 is 15.9 Å². The molecule has 0 atom stereocenters. The minimum atomic E-state index is 0.255. The smallest absolute Gasteiger partial charge is 0.189 e. The van der Waals surface area contributed by atoms with Crippen LogP contribution in [-0.4, -0.2) is 26.6 Å². The van der Waals surface area contributed by atoms with E-state index in [1.54, 1.807) is 0 Å². The summed E-state index contributed by atoms with van der Waals surface area (Å²) in [5.74, 6) is 2.17. The van der Waals surface area contributed by atoms with Crippen LogP contribution in [0.15, 0.2) is 16.6 Å². The van der Waals surface area contributed by atoms with Gasteiger partial charge in [-0.3, -0.25) is 0 Å². The quantitative estimate of drug-likeness (QED) is 0.552. The molecule has 0 amide bonds. The molecule has 1 aromatic carbocycles. The van der Waals surface area contributed by atoms with E-state index in [1.807, 2.05) is 19.1 Å². The summed E-state index contributed by atoms with van der Waals surface area (Å²) >= 11 is 3.53. The Kier molecular flexibility index (Phi) is 6.13. The number of benzene rings is 1. The van der Waals surface area contributed by atoms with Gasteiger partial charge in [0.2, 0.25) is 0 Å². The lowest BCUT2D eigenvalue weighted by molar-refractivity contribution is 0.00795. The Morgan fingerprint density at radius 1 is 1.30 bits per heavy atom. The predicted octanol–water partition coefficient (Wildman–Crippen LogP) is 3.11. The summed E-state index contributed by atoms with van der Waals surface area (Å²) in [7, 11) is 0. The molecule has 0 spiro atoms. The molecule has 2 rings (SSSR count). The molecule has 1 aliphatic carbocycles. The molecular formula is C15H22BrNO3. The Morgan fingerprint density at radius 3 is 2.75 bits per heavy atom. The van der Waals surface area contributed by atoms with Crippen LogP contribution in [0.25, 0.3) is 0 Å². The zero-order valence-electron chi connectivity index (χ0n) is 11.9. The van der Waals surface area contributed by atoms with Crippen LogP contribution in [0.3, 0.4) is 0 Å². The Balaban J connectivity index is 1.99. The number of hydrogen-bond donors (Lipinski definition) is 1. The van der Waals surface area contributed by atoms with Crippen LogP contribution in [0.5, 0.6) is 11.5 Å². The van der Waals surface area contributed by atoms with E-state index in [-0.39, 0.29) is 6.79 Å². The Morgan fingerprint density at radius 2 is 2.10 bits per heavy atom. The molecule has 0 aliphatic heterocycles. The van der Waals surface area contributed by atoms with E-state index >= 15 is 0 Å². The minimum absolute atomic E-state index is 0.255. The third-order valence-corrected chi connectivity index (χ3v) is 3.73. The number of hydrogen-bond acceptors (Lipinski definition) is 4. The number of halogens is 1. The van der Waals surface area contributed by atoms with E-state index in [0.29, 0.717) is 18.9 Å². The molecule has 5 heteroatoms. The standard InChI is InChI=1S/C15H22BrNO3/c1-2-19-14-8-12(5-6-17)7-13(16)15(14)20-10-18-9-11-3-4-11/h7-8,11H,2-6,9-10,17H2,1H3. The van der Waals surface area contributed by atoms with Crippen molar-refractivity contribution in [1.29, 1.82) is 0 Å². The van der Waals surface area contributed by atoms with Gasteiger partial charge in [-0.1, -0.05) is 0 Å². The van der Waals surface area contributed by atoms with Crippen molar-refractivity contribution in [2.24, 2.45) is 11.7 Å². The van der Waals surface area contributed by atoms with E-state index in [2.05, 4.69) is 15.9 Å². The Hall–Kier alpha value is -0.780. The van der Waals surface area contributed by atoms with E-state index in [4.69, 9.17) is 19.9 Å². The zero-order chi connectivity index (χ0) is 14.4. The first kappa shape index (κ1) is 15.6. The van der Waals surface area contributed by atoms with Gasteiger partial charge in [0.15, 0.2) is 18.3 Å². The topological polar surface area (TPSA) is 53.7 Å². The molecule has 0 unspecified atom stereocenters. The van der Waals surface area contributed by atoms with Gasteiger partial charge in [-0.25, -0.2) is 0 Å². The van der Waals surface area contributed by atoms with Gasteiger partial charge in [-0.05, 0) is 72.3 Å². The maximum atomic E-state index is 5.71. The van der Waals surface area contributed by atoms with Gasteiger partial charge in [-0.2, -0.15) is 0 Å². The summed E-state index contributed by atoms with van der Waals surface area (Å²) in [6, 6.07) is 4.00. The lowest BCUT2D eigenvalue weighted by Crippen LogP contribution is -2.08. The second kappa shape index (κ2) is 7.86. The van der Waals surface area contributed by atoms with Crippen molar-refractivity contribution in [1.82, 2.24) is 0 Å². The lowest BCUT2D eigenvalue weighted by Gasteiger charge is -2.15. The summed E-state index contributed by atoms with van der Waals surface area (Å²) < 4.78 is 17.7. The van der Waals surface area contributed by atoms with Gasteiger partial charge in [-0.15, -0.1) is 0 Å². The van der Waals surface area contributed by atoms with Crippen molar-refractivity contribution in [3.8, 4) is 11.5 Å². The van der Waals surface area contributed by atoms with Crippen molar-refractivity contribution in [3.05, 3.63) is 22.2 Å². The van der Waals surface area contributed by atoms with Crippen molar-refractivity contribution in [2.75, 3.05) is 26.6 Å². The van der Waals surface area contributed by atoms with Crippen molar-refractivity contribution in [2.45, 2.75) is 26.2 Å². The van der Waals surface area contributed by atoms with Gasteiger partial charge in [0.1, 0.15) is 0 Å². The predicted molar refractivity (Wildman–Crippen MR) is 82.2 cm³/mol. The highest BCUT2D eigenvalue weighted by Crippen LogP contribution is 2.37. The van der Waals surface area contributed by atoms with Crippen LogP contribution in [0, 0.1) is 5.92 Å². The number of ether oxygens (including phenoxy) is 3. The molecule has 0 saturated heterocycles. The molecule has 2 N–H and O–H groups in total. The largest absolute Gasteiger partial charge is 0.490 e. The molecule has 1 saturated carbocycles. The number of nitrogens with two attached hydrogens (primary N) is 1. The summed E-state index contributed by atoms with van der Waals surface area (Å²) in [6.07, 6.45) is 3.38. The van der Waals surface area contributed by atoms with E-state index < -0.39 is 0 Å². The second-order valence-corrected chi connectivity index (χ2v) is 5.81. The summed E-state index contributed by atoms with van der Waals surface area (Å²) in [6.45, 7) is 4.20. The monoisotopic (exact) mass is 343 g/mol. The average Bonchev–Trinajstić information content (AvgIpc) is 3.22. The fourth-order valence-corrected chi connectivity index (χ4v) is 2.54. The van der Waals surface area contributed by atoms with Gasteiger partial charge in [0, 0.05) is 0 Å². The van der Waals surface area contributed by atoms with Gasteiger partial charge in [0.05, 0.1) is 17.7 Å². The minimum Gasteiger partial charge on any atom is -0.490 e. The van der Waals surface area contributed by atoms with Crippen LogP contribution >= 0.6 is 15.9 Å². The van der Waals surface area contributed by atoms with Crippen LogP contribution in [-0.2, 0) is 11.2 Å². The Bertz CT molecular complexity index is 435.